The van der Waals surface area contributed by atoms with Crippen LogP contribution in [0.15, 0.2) is 24.5 Å². The molecule has 0 aromatic carbocycles. The summed E-state index contributed by atoms with van der Waals surface area (Å²) in [5, 5.41) is 1.15. The number of rotatable bonds is 6. The molecule has 4 nitrogen and oxygen atoms in total. The minimum absolute atomic E-state index is 0.598. The van der Waals surface area contributed by atoms with E-state index in [1.807, 2.05) is 18.3 Å². The summed E-state index contributed by atoms with van der Waals surface area (Å²) in [6.45, 7) is 8.66. The van der Waals surface area contributed by atoms with Crippen molar-refractivity contribution in [1.82, 2.24) is 9.36 Å². The summed E-state index contributed by atoms with van der Waals surface area (Å²) in [4.78, 5) is 6.55. The molecule has 0 aliphatic rings. The Labute approximate surface area is 124 Å². The van der Waals surface area contributed by atoms with Crippen LogP contribution in [0, 0.1) is 5.92 Å². The van der Waals surface area contributed by atoms with Gasteiger partial charge < -0.3 is 10.6 Å². The van der Waals surface area contributed by atoms with Crippen LogP contribution in [0.3, 0.4) is 0 Å². The first-order chi connectivity index (χ1) is 9.67. The summed E-state index contributed by atoms with van der Waals surface area (Å²) < 4.78 is 4.34. The standard InChI is InChI=1S/C15H22N4S/c1-4-11(3)10-19(5-2)15-13(14(16)18-20-15)12-7-6-8-17-9-12/h6-9,11H,4-5,10H2,1-3H3,(H2,16,18). The highest BCUT2D eigenvalue weighted by Gasteiger charge is 2.19. The van der Waals surface area contributed by atoms with E-state index in [0.29, 0.717) is 11.7 Å². The zero-order valence-electron chi connectivity index (χ0n) is 12.3. The van der Waals surface area contributed by atoms with E-state index in [9.17, 15) is 0 Å². The molecule has 0 amide bonds. The van der Waals surface area contributed by atoms with Gasteiger partial charge in [0.2, 0.25) is 0 Å². The number of nitrogens with zero attached hydrogens (tertiary/aromatic N) is 3. The van der Waals surface area contributed by atoms with Gasteiger partial charge in [0.25, 0.3) is 0 Å². The second-order valence-electron chi connectivity index (χ2n) is 5.04. The van der Waals surface area contributed by atoms with Crippen LogP contribution in [-0.4, -0.2) is 22.4 Å². The Bertz CT molecular complexity index is 538. The van der Waals surface area contributed by atoms with Gasteiger partial charge in [0, 0.05) is 31.0 Å². The molecule has 2 heterocycles. The Morgan fingerprint density at radius 2 is 2.20 bits per heavy atom. The van der Waals surface area contributed by atoms with E-state index in [1.165, 1.54) is 18.0 Å². The summed E-state index contributed by atoms with van der Waals surface area (Å²) in [6.07, 6.45) is 4.80. The lowest BCUT2D eigenvalue weighted by Gasteiger charge is -2.25. The van der Waals surface area contributed by atoms with E-state index in [1.54, 1.807) is 6.20 Å². The van der Waals surface area contributed by atoms with E-state index in [2.05, 4.69) is 35.0 Å². The summed E-state index contributed by atoms with van der Waals surface area (Å²) >= 11 is 1.48. The predicted octanol–water partition coefficient (Wildman–Crippen LogP) is 3.66. The molecule has 0 bridgehead atoms. The average Bonchev–Trinajstić information content (AvgIpc) is 2.87. The summed E-state index contributed by atoms with van der Waals surface area (Å²) in [5.74, 6) is 1.25. The van der Waals surface area contributed by atoms with E-state index in [4.69, 9.17) is 5.73 Å². The summed E-state index contributed by atoms with van der Waals surface area (Å²) in [6, 6.07) is 3.97. The number of anilines is 2. The highest BCUT2D eigenvalue weighted by atomic mass is 32.1. The number of pyridine rings is 1. The van der Waals surface area contributed by atoms with Gasteiger partial charge >= 0.3 is 0 Å². The van der Waals surface area contributed by atoms with Crippen molar-refractivity contribution in [3.05, 3.63) is 24.5 Å². The van der Waals surface area contributed by atoms with Gasteiger partial charge in [-0.05, 0) is 30.4 Å². The SMILES string of the molecule is CCC(C)CN(CC)c1snc(N)c1-c1cccnc1. The molecule has 0 aliphatic carbocycles. The number of hydrogen-bond donors (Lipinski definition) is 1. The normalized spacial score (nSPS) is 12.3. The molecule has 108 valence electrons. The predicted molar refractivity (Wildman–Crippen MR) is 87.1 cm³/mol. The lowest BCUT2D eigenvalue weighted by molar-refractivity contribution is 0.550. The number of nitrogens with two attached hydrogens (primary N) is 1. The summed E-state index contributed by atoms with van der Waals surface area (Å²) in [5.41, 5.74) is 8.13. The first kappa shape index (κ1) is 14.8. The Morgan fingerprint density at radius 3 is 2.80 bits per heavy atom. The maximum atomic E-state index is 6.07. The van der Waals surface area contributed by atoms with Gasteiger partial charge in [0.05, 0.1) is 5.56 Å². The molecule has 0 aliphatic heterocycles. The van der Waals surface area contributed by atoms with Crippen molar-refractivity contribution in [2.24, 2.45) is 5.92 Å². The Balaban J connectivity index is 2.37. The van der Waals surface area contributed by atoms with Crippen LogP contribution in [-0.2, 0) is 0 Å². The molecule has 1 atom stereocenters. The quantitative estimate of drug-likeness (QED) is 0.882. The Kier molecular flexibility index (Phi) is 4.95. The van der Waals surface area contributed by atoms with Crippen LogP contribution >= 0.6 is 11.5 Å². The molecule has 0 fully saturated rings. The first-order valence-electron chi connectivity index (χ1n) is 7.07. The van der Waals surface area contributed by atoms with E-state index in [-0.39, 0.29) is 0 Å². The van der Waals surface area contributed by atoms with Crippen LogP contribution in [0.25, 0.3) is 11.1 Å². The lowest BCUT2D eigenvalue weighted by atomic mass is 10.1. The minimum Gasteiger partial charge on any atom is -0.382 e. The van der Waals surface area contributed by atoms with Crippen molar-refractivity contribution < 1.29 is 0 Å². The Hall–Kier alpha value is -1.62. The van der Waals surface area contributed by atoms with E-state index in [0.717, 1.165) is 29.2 Å². The van der Waals surface area contributed by atoms with Gasteiger partial charge in [-0.2, -0.15) is 4.37 Å². The number of nitrogen functional groups attached to an aromatic ring is 1. The fraction of sp³-hybridized carbons (Fsp3) is 0.467. The van der Waals surface area contributed by atoms with Crippen LogP contribution in [0.5, 0.6) is 0 Å². The van der Waals surface area contributed by atoms with Crippen LogP contribution < -0.4 is 10.6 Å². The third-order valence-corrected chi connectivity index (χ3v) is 4.47. The van der Waals surface area contributed by atoms with Gasteiger partial charge in [0.1, 0.15) is 10.8 Å². The molecule has 20 heavy (non-hydrogen) atoms. The smallest absolute Gasteiger partial charge is 0.147 e. The molecule has 0 saturated heterocycles. The molecular weight excluding hydrogens is 268 g/mol. The van der Waals surface area contributed by atoms with E-state index >= 15 is 0 Å². The van der Waals surface area contributed by atoms with Gasteiger partial charge in [-0.1, -0.05) is 26.3 Å². The zero-order chi connectivity index (χ0) is 14.5. The molecule has 2 rings (SSSR count). The topological polar surface area (TPSA) is 55.0 Å². The minimum atomic E-state index is 0.598. The molecule has 5 heteroatoms. The monoisotopic (exact) mass is 290 g/mol. The number of aromatic nitrogens is 2. The van der Waals surface area contributed by atoms with E-state index < -0.39 is 0 Å². The lowest BCUT2D eigenvalue weighted by Crippen LogP contribution is -2.27. The van der Waals surface area contributed by atoms with Gasteiger partial charge in [-0.25, -0.2) is 0 Å². The highest BCUT2D eigenvalue weighted by molar-refractivity contribution is 7.11. The van der Waals surface area contributed by atoms with Crippen LogP contribution in [0.2, 0.25) is 0 Å². The van der Waals surface area contributed by atoms with Gasteiger partial charge in [-0.3, -0.25) is 4.98 Å². The maximum Gasteiger partial charge on any atom is 0.147 e. The zero-order valence-corrected chi connectivity index (χ0v) is 13.2. The molecule has 2 aromatic rings. The molecule has 0 spiro atoms. The van der Waals surface area contributed by atoms with Crippen LogP contribution in [0.4, 0.5) is 10.8 Å². The van der Waals surface area contributed by atoms with Crippen LogP contribution in [0.1, 0.15) is 27.2 Å². The molecule has 0 saturated carbocycles. The third-order valence-electron chi connectivity index (χ3n) is 3.55. The third kappa shape index (κ3) is 3.10. The molecule has 1 unspecified atom stereocenters. The molecule has 0 radical (unpaired) electrons. The Morgan fingerprint density at radius 1 is 1.40 bits per heavy atom. The van der Waals surface area contributed by atoms with Crippen molar-refractivity contribution in [3.63, 3.8) is 0 Å². The fourth-order valence-electron chi connectivity index (χ4n) is 2.15. The van der Waals surface area contributed by atoms with Gasteiger partial charge in [-0.15, -0.1) is 0 Å². The first-order valence-corrected chi connectivity index (χ1v) is 7.85. The molecular formula is C15H22N4S. The number of hydrogen-bond acceptors (Lipinski definition) is 5. The second-order valence-corrected chi connectivity index (χ2v) is 5.79. The second kappa shape index (κ2) is 6.70. The fourth-order valence-corrected chi connectivity index (χ4v) is 3.06. The summed E-state index contributed by atoms with van der Waals surface area (Å²) in [7, 11) is 0. The molecule has 2 aromatic heterocycles. The van der Waals surface area contributed by atoms with Crippen molar-refractivity contribution in [2.75, 3.05) is 23.7 Å². The van der Waals surface area contributed by atoms with Crippen molar-refractivity contribution >= 4 is 22.4 Å². The highest BCUT2D eigenvalue weighted by Crippen LogP contribution is 2.39. The van der Waals surface area contributed by atoms with Gasteiger partial charge in [0.15, 0.2) is 0 Å². The van der Waals surface area contributed by atoms with Crippen molar-refractivity contribution in [1.29, 1.82) is 0 Å². The van der Waals surface area contributed by atoms with Crippen molar-refractivity contribution in [2.45, 2.75) is 27.2 Å². The average molecular weight is 290 g/mol. The molecule has 2 N–H and O–H groups in total. The maximum absolute atomic E-state index is 6.07. The largest absolute Gasteiger partial charge is 0.382 e. The van der Waals surface area contributed by atoms with Crippen molar-refractivity contribution in [3.8, 4) is 11.1 Å².